The van der Waals surface area contributed by atoms with Gasteiger partial charge in [0.05, 0.1) is 29.8 Å². The Morgan fingerprint density at radius 2 is 2.12 bits per heavy atom. The molecule has 0 bridgehead atoms. The Morgan fingerprint density at radius 1 is 1.38 bits per heavy atom. The zero-order valence-corrected chi connectivity index (χ0v) is 15.8. The molecule has 2 heterocycles. The van der Waals surface area contributed by atoms with Gasteiger partial charge in [-0.05, 0) is 50.3 Å². The van der Waals surface area contributed by atoms with Crippen LogP contribution in [-0.4, -0.2) is 34.6 Å². The minimum absolute atomic E-state index is 0.114. The molecule has 1 aliphatic heterocycles. The smallest absolute Gasteiger partial charge is 0.292 e. The Labute approximate surface area is 157 Å². The van der Waals surface area contributed by atoms with Crippen molar-refractivity contribution in [2.75, 3.05) is 25.1 Å². The number of nitrogens with one attached hydrogen (secondary N) is 1. The second-order valence-corrected chi connectivity index (χ2v) is 7.54. The average Bonchev–Trinajstić information content (AvgIpc) is 2.63. The van der Waals surface area contributed by atoms with Crippen molar-refractivity contribution in [3.05, 3.63) is 51.4 Å². The van der Waals surface area contributed by atoms with Crippen molar-refractivity contribution in [3.63, 3.8) is 0 Å². The predicted molar refractivity (Wildman–Crippen MR) is 102 cm³/mol. The molecule has 1 atom stereocenters. The van der Waals surface area contributed by atoms with Gasteiger partial charge in [-0.2, -0.15) is 9.78 Å². The molecule has 0 saturated carbocycles. The van der Waals surface area contributed by atoms with E-state index in [-0.39, 0.29) is 10.6 Å². The van der Waals surface area contributed by atoms with Crippen molar-refractivity contribution in [2.45, 2.75) is 32.3 Å². The van der Waals surface area contributed by atoms with E-state index in [9.17, 15) is 9.90 Å². The second kappa shape index (κ2) is 7.78. The molecular formula is C19H24ClN3O3. The van der Waals surface area contributed by atoms with Gasteiger partial charge in [-0.15, -0.1) is 0 Å². The third-order valence-corrected chi connectivity index (χ3v) is 4.94. The molecule has 0 radical (unpaired) electrons. The topological polar surface area (TPSA) is 76.4 Å². The summed E-state index contributed by atoms with van der Waals surface area (Å²) >= 11 is 6.26. The van der Waals surface area contributed by atoms with Crippen molar-refractivity contribution in [1.82, 2.24) is 9.78 Å². The summed E-state index contributed by atoms with van der Waals surface area (Å²) in [6.07, 6.45) is 3.72. The first kappa shape index (κ1) is 18.9. The summed E-state index contributed by atoms with van der Waals surface area (Å²) in [5, 5.41) is 17.6. The Bertz CT molecular complexity index is 806. The molecule has 140 valence electrons. The van der Waals surface area contributed by atoms with Crippen LogP contribution in [0.1, 0.15) is 32.3 Å². The van der Waals surface area contributed by atoms with Gasteiger partial charge in [-0.25, -0.2) is 0 Å². The molecule has 1 aromatic heterocycles. The van der Waals surface area contributed by atoms with Gasteiger partial charge in [0.1, 0.15) is 5.02 Å². The van der Waals surface area contributed by atoms with Crippen LogP contribution in [0.25, 0.3) is 5.69 Å². The van der Waals surface area contributed by atoms with Crippen molar-refractivity contribution in [2.24, 2.45) is 5.92 Å². The van der Waals surface area contributed by atoms with Gasteiger partial charge >= 0.3 is 0 Å². The molecular weight excluding hydrogens is 354 g/mol. The highest BCUT2D eigenvalue weighted by atomic mass is 35.5. The quantitative estimate of drug-likeness (QED) is 0.837. The summed E-state index contributed by atoms with van der Waals surface area (Å²) in [4.78, 5) is 12.6. The third kappa shape index (κ3) is 4.26. The van der Waals surface area contributed by atoms with Gasteiger partial charge in [0, 0.05) is 13.2 Å². The highest BCUT2D eigenvalue weighted by Crippen LogP contribution is 2.22. The first-order valence-corrected chi connectivity index (χ1v) is 9.17. The van der Waals surface area contributed by atoms with Crippen LogP contribution < -0.4 is 10.9 Å². The second-order valence-electron chi connectivity index (χ2n) is 7.16. The van der Waals surface area contributed by atoms with Gasteiger partial charge in [-0.1, -0.05) is 23.7 Å². The number of nitrogens with zero attached hydrogens (tertiary/aromatic N) is 2. The SMILES string of the molecule is CC(C)(O)c1ccc(-n2ncc(NC[C@@H]3CCCOC3)c(Cl)c2=O)cc1. The fraction of sp³-hybridized carbons (Fsp3) is 0.474. The minimum atomic E-state index is -0.939. The number of hydrogen-bond donors (Lipinski definition) is 2. The highest BCUT2D eigenvalue weighted by Gasteiger charge is 2.17. The number of anilines is 1. The Morgan fingerprint density at radius 3 is 2.73 bits per heavy atom. The molecule has 0 amide bonds. The molecule has 0 unspecified atom stereocenters. The fourth-order valence-corrected chi connectivity index (χ4v) is 3.17. The molecule has 2 N–H and O–H groups in total. The first-order valence-electron chi connectivity index (χ1n) is 8.79. The van der Waals surface area contributed by atoms with E-state index in [1.165, 1.54) is 4.68 Å². The lowest BCUT2D eigenvalue weighted by molar-refractivity contribution is 0.0595. The summed E-state index contributed by atoms with van der Waals surface area (Å²) in [6, 6.07) is 7.02. The molecule has 0 aliphatic carbocycles. The zero-order chi connectivity index (χ0) is 18.7. The van der Waals surface area contributed by atoms with Gasteiger partial charge in [0.25, 0.3) is 5.56 Å². The summed E-state index contributed by atoms with van der Waals surface area (Å²) in [7, 11) is 0. The van der Waals surface area contributed by atoms with E-state index in [1.807, 2.05) is 0 Å². The molecule has 6 nitrogen and oxygen atoms in total. The predicted octanol–water partition coefficient (Wildman–Crippen LogP) is 2.95. The number of halogens is 1. The zero-order valence-electron chi connectivity index (χ0n) is 15.0. The van der Waals surface area contributed by atoms with Crippen molar-refractivity contribution in [1.29, 1.82) is 0 Å². The molecule has 3 rings (SSSR count). The molecule has 1 aliphatic rings. The normalized spacial score (nSPS) is 17.9. The molecule has 0 spiro atoms. The fourth-order valence-electron chi connectivity index (χ4n) is 2.97. The molecule has 2 aromatic rings. The molecule has 26 heavy (non-hydrogen) atoms. The van der Waals surface area contributed by atoms with Gasteiger partial charge < -0.3 is 15.2 Å². The van der Waals surface area contributed by atoms with Crippen molar-refractivity contribution < 1.29 is 9.84 Å². The number of aromatic nitrogens is 2. The van der Waals surface area contributed by atoms with E-state index >= 15 is 0 Å². The number of benzene rings is 1. The van der Waals surface area contributed by atoms with Gasteiger partial charge in [-0.3, -0.25) is 4.79 Å². The number of ether oxygens (including phenoxy) is 1. The van der Waals surface area contributed by atoms with Crippen LogP contribution in [0.5, 0.6) is 0 Å². The van der Waals surface area contributed by atoms with E-state index in [4.69, 9.17) is 16.3 Å². The van der Waals surface area contributed by atoms with E-state index in [1.54, 1.807) is 44.3 Å². The lowest BCUT2D eigenvalue weighted by Crippen LogP contribution is -2.27. The Kier molecular flexibility index (Phi) is 5.65. The van der Waals surface area contributed by atoms with Crippen LogP contribution in [0.3, 0.4) is 0 Å². The number of rotatable bonds is 5. The van der Waals surface area contributed by atoms with E-state index < -0.39 is 5.60 Å². The standard InChI is InChI=1S/C19H24ClN3O3/c1-19(2,25)14-5-7-15(8-6-14)23-18(24)17(20)16(11-22-23)21-10-13-4-3-9-26-12-13/h5-8,11,13,21,25H,3-4,9-10,12H2,1-2H3/t13-/m0/s1. The lowest BCUT2D eigenvalue weighted by Gasteiger charge is -2.22. The molecule has 7 heteroatoms. The van der Waals surface area contributed by atoms with Crippen LogP contribution in [0.4, 0.5) is 5.69 Å². The Balaban J connectivity index is 1.77. The van der Waals surface area contributed by atoms with E-state index in [0.29, 0.717) is 23.8 Å². The van der Waals surface area contributed by atoms with Crippen molar-refractivity contribution in [3.8, 4) is 5.69 Å². The summed E-state index contributed by atoms with van der Waals surface area (Å²) in [5.41, 5.74) is 0.565. The van der Waals surface area contributed by atoms with Crippen LogP contribution in [0.15, 0.2) is 35.3 Å². The average molecular weight is 378 g/mol. The van der Waals surface area contributed by atoms with Crippen LogP contribution in [-0.2, 0) is 10.3 Å². The van der Waals surface area contributed by atoms with E-state index in [0.717, 1.165) is 31.6 Å². The Hall–Kier alpha value is -1.89. The molecule has 1 fully saturated rings. The number of aliphatic hydroxyl groups is 1. The van der Waals surface area contributed by atoms with Crippen molar-refractivity contribution >= 4 is 17.3 Å². The highest BCUT2D eigenvalue weighted by molar-refractivity contribution is 6.32. The van der Waals surface area contributed by atoms with E-state index in [2.05, 4.69) is 10.4 Å². The third-order valence-electron chi connectivity index (χ3n) is 4.57. The maximum absolute atomic E-state index is 12.6. The van der Waals surface area contributed by atoms with Crippen LogP contribution >= 0.6 is 11.6 Å². The van der Waals surface area contributed by atoms with Gasteiger partial charge in [0.15, 0.2) is 0 Å². The molecule has 1 aromatic carbocycles. The largest absolute Gasteiger partial charge is 0.386 e. The maximum Gasteiger partial charge on any atom is 0.292 e. The summed E-state index contributed by atoms with van der Waals surface area (Å²) < 4.78 is 6.72. The van der Waals surface area contributed by atoms with Gasteiger partial charge in [0.2, 0.25) is 0 Å². The summed E-state index contributed by atoms with van der Waals surface area (Å²) in [6.45, 7) is 5.66. The van der Waals surface area contributed by atoms with Crippen LogP contribution in [0.2, 0.25) is 5.02 Å². The molecule has 1 saturated heterocycles. The summed E-state index contributed by atoms with van der Waals surface area (Å²) in [5.74, 6) is 0.414. The minimum Gasteiger partial charge on any atom is -0.386 e. The first-order chi connectivity index (χ1) is 12.4. The number of hydrogen-bond acceptors (Lipinski definition) is 5. The maximum atomic E-state index is 12.6. The monoisotopic (exact) mass is 377 g/mol. The lowest BCUT2D eigenvalue weighted by atomic mass is 9.98. The van der Waals surface area contributed by atoms with Crippen LogP contribution in [0, 0.1) is 5.92 Å².